The van der Waals surface area contributed by atoms with Gasteiger partial charge in [0.1, 0.15) is 5.82 Å². The molecule has 1 aromatic heterocycles. The van der Waals surface area contributed by atoms with E-state index in [2.05, 4.69) is 17.0 Å². The van der Waals surface area contributed by atoms with E-state index in [0.717, 1.165) is 25.3 Å². The largest absolute Gasteiger partial charge is 0.384 e. The summed E-state index contributed by atoms with van der Waals surface area (Å²) in [7, 11) is 2.13. The molecule has 1 aliphatic carbocycles. The quantitative estimate of drug-likeness (QED) is 0.715. The molecule has 1 saturated carbocycles. The number of hydrogen-bond donors (Lipinski definition) is 1. The van der Waals surface area contributed by atoms with E-state index in [9.17, 15) is 0 Å². The predicted molar refractivity (Wildman–Crippen MR) is 54.9 cm³/mol. The van der Waals surface area contributed by atoms with Crippen LogP contribution in [0.4, 0.5) is 5.82 Å². The number of nitrogens with two attached hydrogens (primary N) is 1. The van der Waals surface area contributed by atoms with Crippen LogP contribution in [0.1, 0.15) is 30.1 Å². The van der Waals surface area contributed by atoms with Crippen molar-refractivity contribution in [2.45, 2.75) is 31.8 Å². The number of fused-ring (bicyclic) bond motifs is 1. The summed E-state index contributed by atoms with van der Waals surface area (Å²) in [6.45, 7) is 2.06. The Bertz CT molecular complexity index is 364. The summed E-state index contributed by atoms with van der Waals surface area (Å²) < 4.78 is 2.05. The highest BCUT2D eigenvalue weighted by Crippen LogP contribution is 2.38. The number of rotatable bonds is 1. The third-order valence-electron chi connectivity index (χ3n) is 3.19. The average molecular weight is 192 g/mol. The standard InChI is InChI=1S/C10H16N4/c1-13-5-4-8-9(6-13)12-14(10(8)11)7-2-3-7/h7H,2-6,11H2,1H3. The van der Waals surface area contributed by atoms with Crippen molar-refractivity contribution in [1.29, 1.82) is 0 Å². The van der Waals surface area contributed by atoms with Crippen molar-refractivity contribution in [3.05, 3.63) is 11.3 Å². The number of aromatic nitrogens is 2. The summed E-state index contributed by atoms with van der Waals surface area (Å²) in [4.78, 5) is 2.30. The van der Waals surface area contributed by atoms with E-state index in [1.165, 1.54) is 24.1 Å². The van der Waals surface area contributed by atoms with Crippen LogP contribution >= 0.6 is 0 Å². The molecule has 0 amide bonds. The van der Waals surface area contributed by atoms with Crippen LogP contribution in [0, 0.1) is 0 Å². The van der Waals surface area contributed by atoms with E-state index >= 15 is 0 Å². The minimum Gasteiger partial charge on any atom is -0.384 e. The van der Waals surface area contributed by atoms with Gasteiger partial charge in [-0.3, -0.25) is 0 Å². The molecule has 4 heteroatoms. The molecule has 14 heavy (non-hydrogen) atoms. The SMILES string of the molecule is CN1CCc2c(nn(C3CC3)c2N)C1. The molecule has 4 nitrogen and oxygen atoms in total. The zero-order valence-electron chi connectivity index (χ0n) is 8.53. The third-order valence-corrected chi connectivity index (χ3v) is 3.19. The average Bonchev–Trinajstić information content (AvgIpc) is 2.93. The molecule has 0 atom stereocenters. The Morgan fingerprint density at radius 3 is 2.93 bits per heavy atom. The summed E-state index contributed by atoms with van der Waals surface area (Å²) in [5.74, 6) is 0.926. The Kier molecular flexibility index (Phi) is 1.62. The lowest BCUT2D eigenvalue weighted by Gasteiger charge is -2.20. The molecular formula is C10H16N4. The molecule has 0 bridgehead atoms. The van der Waals surface area contributed by atoms with E-state index in [1.54, 1.807) is 0 Å². The summed E-state index contributed by atoms with van der Waals surface area (Å²) in [6.07, 6.45) is 3.56. The van der Waals surface area contributed by atoms with Crippen LogP contribution in [0.25, 0.3) is 0 Å². The molecule has 1 aromatic rings. The first kappa shape index (κ1) is 8.29. The fourth-order valence-corrected chi connectivity index (χ4v) is 2.16. The van der Waals surface area contributed by atoms with Crippen LogP contribution in [-0.4, -0.2) is 28.3 Å². The minimum absolute atomic E-state index is 0.603. The summed E-state index contributed by atoms with van der Waals surface area (Å²) in [5, 5.41) is 4.61. The normalized spacial score (nSPS) is 22.4. The van der Waals surface area contributed by atoms with Gasteiger partial charge in [-0.05, 0) is 26.3 Å². The molecular weight excluding hydrogens is 176 g/mol. The first-order chi connectivity index (χ1) is 6.75. The molecule has 0 unspecified atom stereocenters. The zero-order chi connectivity index (χ0) is 9.71. The lowest BCUT2D eigenvalue weighted by Crippen LogP contribution is -2.26. The van der Waals surface area contributed by atoms with Crippen molar-refractivity contribution in [3.8, 4) is 0 Å². The lowest BCUT2D eigenvalue weighted by atomic mass is 10.1. The molecule has 2 heterocycles. The zero-order valence-corrected chi connectivity index (χ0v) is 8.53. The topological polar surface area (TPSA) is 47.1 Å². The maximum absolute atomic E-state index is 6.09. The molecule has 1 fully saturated rings. The highest BCUT2D eigenvalue weighted by molar-refractivity contribution is 5.45. The summed E-state index contributed by atoms with van der Waals surface area (Å²) in [6, 6.07) is 0.603. The Balaban J connectivity index is 2.01. The van der Waals surface area contributed by atoms with Crippen molar-refractivity contribution in [1.82, 2.24) is 14.7 Å². The van der Waals surface area contributed by atoms with E-state index in [0.29, 0.717) is 6.04 Å². The van der Waals surface area contributed by atoms with E-state index in [1.807, 2.05) is 4.68 Å². The van der Waals surface area contributed by atoms with E-state index < -0.39 is 0 Å². The molecule has 0 aromatic carbocycles. The van der Waals surface area contributed by atoms with Gasteiger partial charge in [0.05, 0.1) is 11.7 Å². The van der Waals surface area contributed by atoms with Gasteiger partial charge in [-0.25, -0.2) is 4.68 Å². The van der Waals surface area contributed by atoms with Crippen LogP contribution in [0.15, 0.2) is 0 Å². The predicted octanol–water partition coefficient (Wildman–Crippen LogP) is 0.788. The van der Waals surface area contributed by atoms with Gasteiger partial charge in [-0.2, -0.15) is 5.10 Å². The lowest BCUT2D eigenvalue weighted by molar-refractivity contribution is 0.308. The Morgan fingerprint density at radius 2 is 2.21 bits per heavy atom. The van der Waals surface area contributed by atoms with Crippen LogP contribution in [0.3, 0.4) is 0 Å². The maximum atomic E-state index is 6.09. The molecule has 0 radical (unpaired) electrons. The van der Waals surface area contributed by atoms with Crippen molar-refractivity contribution in [2.24, 2.45) is 0 Å². The van der Waals surface area contributed by atoms with Crippen molar-refractivity contribution in [2.75, 3.05) is 19.3 Å². The molecule has 76 valence electrons. The second-order valence-corrected chi connectivity index (χ2v) is 4.47. The molecule has 0 saturated heterocycles. The Morgan fingerprint density at radius 1 is 1.43 bits per heavy atom. The fraction of sp³-hybridized carbons (Fsp3) is 0.700. The molecule has 2 N–H and O–H groups in total. The van der Waals surface area contributed by atoms with Gasteiger partial charge in [0.15, 0.2) is 0 Å². The number of anilines is 1. The van der Waals surface area contributed by atoms with E-state index in [4.69, 9.17) is 5.73 Å². The summed E-state index contributed by atoms with van der Waals surface area (Å²) in [5.41, 5.74) is 8.59. The number of nitrogens with zero attached hydrogens (tertiary/aromatic N) is 3. The van der Waals surface area contributed by atoms with Gasteiger partial charge < -0.3 is 10.6 Å². The minimum atomic E-state index is 0.603. The Labute approximate surface area is 83.7 Å². The fourth-order valence-electron chi connectivity index (χ4n) is 2.16. The van der Waals surface area contributed by atoms with Crippen molar-refractivity contribution >= 4 is 5.82 Å². The van der Waals surface area contributed by atoms with Gasteiger partial charge in [-0.15, -0.1) is 0 Å². The molecule has 3 rings (SSSR count). The van der Waals surface area contributed by atoms with Crippen LogP contribution in [-0.2, 0) is 13.0 Å². The van der Waals surface area contributed by atoms with Gasteiger partial charge >= 0.3 is 0 Å². The third kappa shape index (κ3) is 1.14. The summed E-state index contributed by atoms with van der Waals surface area (Å²) >= 11 is 0. The second kappa shape index (κ2) is 2.73. The highest BCUT2D eigenvalue weighted by Gasteiger charge is 2.30. The smallest absolute Gasteiger partial charge is 0.125 e. The molecule has 1 aliphatic heterocycles. The van der Waals surface area contributed by atoms with Crippen LogP contribution in [0.2, 0.25) is 0 Å². The molecule has 2 aliphatic rings. The van der Waals surface area contributed by atoms with Gasteiger partial charge in [0, 0.05) is 18.7 Å². The van der Waals surface area contributed by atoms with Crippen molar-refractivity contribution in [3.63, 3.8) is 0 Å². The first-order valence-electron chi connectivity index (χ1n) is 5.30. The van der Waals surface area contributed by atoms with Gasteiger partial charge in [-0.1, -0.05) is 0 Å². The number of likely N-dealkylation sites (N-methyl/N-ethyl adjacent to an activating group) is 1. The maximum Gasteiger partial charge on any atom is 0.125 e. The van der Waals surface area contributed by atoms with E-state index in [-0.39, 0.29) is 0 Å². The number of hydrogen-bond acceptors (Lipinski definition) is 3. The first-order valence-corrected chi connectivity index (χ1v) is 5.30. The van der Waals surface area contributed by atoms with Gasteiger partial charge in [0.2, 0.25) is 0 Å². The van der Waals surface area contributed by atoms with Crippen molar-refractivity contribution < 1.29 is 0 Å². The number of nitrogen functional groups attached to an aromatic ring is 1. The van der Waals surface area contributed by atoms with Crippen LogP contribution < -0.4 is 5.73 Å². The molecule has 0 spiro atoms. The highest BCUT2D eigenvalue weighted by atomic mass is 15.4. The second-order valence-electron chi connectivity index (χ2n) is 4.47. The van der Waals surface area contributed by atoms with Crippen LogP contribution in [0.5, 0.6) is 0 Å². The monoisotopic (exact) mass is 192 g/mol. The Hall–Kier alpha value is -1.03. The van der Waals surface area contributed by atoms with Gasteiger partial charge in [0.25, 0.3) is 0 Å².